The number of halogens is 2. The largest absolute Gasteiger partial charge is 0.454 e. The average Bonchev–Trinajstić information content (AvgIpc) is 3.57. The predicted molar refractivity (Wildman–Crippen MR) is 119 cm³/mol. The van der Waals surface area contributed by atoms with Crippen LogP contribution in [0.1, 0.15) is 28.8 Å². The summed E-state index contributed by atoms with van der Waals surface area (Å²) in [5.74, 6) is 1.43. The molecule has 0 saturated heterocycles. The van der Waals surface area contributed by atoms with Crippen LogP contribution >= 0.6 is 23.2 Å². The van der Waals surface area contributed by atoms with Crippen LogP contribution in [-0.2, 0) is 6.42 Å². The number of carbonyl (C=O) groups is 1. The minimum Gasteiger partial charge on any atom is -0.454 e. The van der Waals surface area contributed by atoms with Crippen LogP contribution in [0, 0.1) is 5.92 Å². The van der Waals surface area contributed by atoms with Crippen LogP contribution in [-0.4, -0.2) is 38.7 Å². The Morgan fingerprint density at radius 3 is 2.53 bits per heavy atom. The van der Waals surface area contributed by atoms with Gasteiger partial charge in [0.2, 0.25) is 0 Å². The second kappa shape index (κ2) is 8.11. The van der Waals surface area contributed by atoms with Gasteiger partial charge in [-0.15, -0.1) is 0 Å². The van der Waals surface area contributed by atoms with Crippen LogP contribution in [0.4, 0.5) is 0 Å². The molecule has 3 aromatic rings. The number of hydrogen-bond acceptors (Lipinski definition) is 5. The van der Waals surface area contributed by atoms with E-state index in [0.717, 1.165) is 29.4 Å². The molecule has 0 bridgehead atoms. The normalized spacial score (nSPS) is 15.6. The summed E-state index contributed by atoms with van der Waals surface area (Å²) < 4.78 is 6.90. The number of H-pyrrole nitrogens is 1. The van der Waals surface area contributed by atoms with Crippen molar-refractivity contribution in [3.63, 3.8) is 0 Å². The number of aromatic nitrogens is 3. The lowest BCUT2D eigenvalue weighted by atomic mass is 9.98. The molecule has 0 atom stereocenters. The smallest absolute Gasteiger partial charge is 0.349 e. The molecular weight excluding hydrogens is 455 g/mol. The maximum atomic E-state index is 12.8. The van der Waals surface area contributed by atoms with Gasteiger partial charge in [0, 0.05) is 18.7 Å². The van der Waals surface area contributed by atoms with Gasteiger partial charge >= 0.3 is 5.69 Å². The van der Waals surface area contributed by atoms with Gasteiger partial charge in [0.15, 0.2) is 5.75 Å². The quantitative estimate of drug-likeness (QED) is 0.613. The first-order chi connectivity index (χ1) is 15.4. The van der Waals surface area contributed by atoms with Crippen molar-refractivity contribution in [1.29, 1.82) is 0 Å². The zero-order valence-corrected chi connectivity index (χ0v) is 18.3. The monoisotopic (exact) mass is 472 g/mol. The van der Waals surface area contributed by atoms with Gasteiger partial charge in [-0.2, -0.15) is 9.78 Å². The van der Waals surface area contributed by atoms with Crippen molar-refractivity contribution >= 4 is 29.1 Å². The number of amides is 1. The molecule has 1 saturated carbocycles. The Morgan fingerprint density at radius 1 is 1.09 bits per heavy atom. The van der Waals surface area contributed by atoms with E-state index in [9.17, 15) is 14.4 Å². The third kappa shape index (κ3) is 4.03. The zero-order chi connectivity index (χ0) is 22.4. The minimum absolute atomic E-state index is 0.0592. The molecule has 1 N–H and O–H groups in total. The molecule has 1 fully saturated rings. The first-order valence-corrected chi connectivity index (χ1v) is 10.9. The van der Waals surface area contributed by atoms with Crippen molar-refractivity contribution in [2.45, 2.75) is 19.3 Å². The summed E-state index contributed by atoms with van der Waals surface area (Å²) >= 11 is 12.7. The number of carbonyl (C=O) groups excluding carboxylic acids is 1. The molecular formula is C22H18Cl2N4O4. The van der Waals surface area contributed by atoms with E-state index in [1.807, 2.05) is 11.0 Å². The lowest BCUT2D eigenvalue weighted by Crippen LogP contribution is -2.38. The van der Waals surface area contributed by atoms with Crippen LogP contribution in [0.3, 0.4) is 0 Å². The predicted octanol–water partition coefficient (Wildman–Crippen LogP) is 3.43. The van der Waals surface area contributed by atoms with Crippen molar-refractivity contribution in [3.8, 4) is 17.2 Å². The second-order valence-corrected chi connectivity index (χ2v) is 8.77. The van der Waals surface area contributed by atoms with Crippen molar-refractivity contribution in [3.05, 3.63) is 78.5 Å². The van der Waals surface area contributed by atoms with E-state index in [-0.39, 0.29) is 27.4 Å². The third-order valence-electron chi connectivity index (χ3n) is 5.58. The van der Waals surface area contributed by atoms with Gasteiger partial charge in [-0.25, -0.2) is 4.79 Å². The fraction of sp³-hybridized carbons (Fsp3) is 0.273. The molecule has 5 rings (SSSR count). The molecule has 164 valence electrons. The first kappa shape index (κ1) is 20.8. The molecule has 2 heterocycles. The average molecular weight is 473 g/mol. The van der Waals surface area contributed by atoms with Crippen LogP contribution in [0.2, 0.25) is 10.0 Å². The summed E-state index contributed by atoms with van der Waals surface area (Å²) in [6.07, 6.45) is 4.15. The highest BCUT2D eigenvalue weighted by molar-refractivity contribution is 6.37. The first-order valence-electron chi connectivity index (χ1n) is 10.2. The van der Waals surface area contributed by atoms with E-state index in [1.54, 1.807) is 12.1 Å². The fourth-order valence-electron chi connectivity index (χ4n) is 3.78. The lowest BCUT2D eigenvalue weighted by Gasteiger charge is -2.29. The summed E-state index contributed by atoms with van der Waals surface area (Å²) in [6.45, 7) is 1.53. The van der Waals surface area contributed by atoms with Crippen molar-refractivity contribution in [1.82, 2.24) is 19.7 Å². The van der Waals surface area contributed by atoms with Gasteiger partial charge in [0.05, 0.1) is 15.7 Å². The Balaban J connectivity index is 1.40. The summed E-state index contributed by atoms with van der Waals surface area (Å²) in [4.78, 5) is 40.0. The van der Waals surface area contributed by atoms with Crippen molar-refractivity contribution in [2.24, 2.45) is 5.92 Å². The van der Waals surface area contributed by atoms with Crippen molar-refractivity contribution in [2.75, 3.05) is 13.1 Å². The van der Waals surface area contributed by atoms with Gasteiger partial charge in [-0.1, -0.05) is 23.2 Å². The fourth-order valence-corrected chi connectivity index (χ4v) is 4.34. The molecule has 2 aromatic carbocycles. The van der Waals surface area contributed by atoms with Gasteiger partial charge in [0.1, 0.15) is 11.9 Å². The summed E-state index contributed by atoms with van der Waals surface area (Å²) in [5, 5.41) is 4.12. The summed E-state index contributed by atoms with van der Waals surface area (Å²) in [6, 6.07) is 8.24. The molecule has 32 heavy (non-hydrogen) atoms. The van der Waals surface area contributed by atoms with Crippen LogP contribution < -0.4 is 16.0 Å². The number of ether oxygens (including phenoxy) is 1. The number of nitrogens with one attached hydrogen (secondary N) is 1. The van der Waals surface area contributed by atoms with Crippen LogP contribution in [0.15, 0.2) is 46.1 Å². The molecule has 10 heteroatoms. The van der Waals surface area contributed by atoms with Gasteiger partial charge in [-0.05, 0) is 61.1 Å². The van der Waals surface area contributed by atoms with E-state index < -0.39 is 11.2 Å². The molecule has 1 aliphatic carbocycles. The molecule has 1 amide bonds. The summed E-state index contributed by atoms with van der Waals surface area (Å²) in [7, 11) is 0. The Hall–Kier alpha value is -3.10. The molecule has 1 aromatic heterocycles. The van der Waals surface area contributed by atoms with Crippen molar-refractivity contribution < 1.29 is 9.53 Å². The molecule has 1 aliphatic heterocycles. The number of rotatable bonds is 5. The number of hydrogen-bond donors (Lipinski definition) is 1. The number of nitrogens with zero attached hydrogens (tertiary/aromatic N) is 3. The highest BCUT2D eigenvalue weighted by Crippen LogP contribution is 2.39. The van der Waals surface area contributed by atoms with Gasteiger partial charge in [-0.3, -0.25) is 14.6 Å². The lowest BCUT2D eigenvalue weighted by molar-refractivity contribution is 0.0731. The molecule has 0 unspecified atom stereocenters. The van der Waals surface area contributed by atoms with E-state index >= 15 is 0 Å². The summed E-state index contributed by atoms with van der Waals surface area (Å²) in [5.41, 5.74) is 0.575. The third-order valence-corrected chi connectivity index (χ3v) is 6.14. The van der Waals surface area contributed by atoms with Crippen LogP contribution in [0.25, 0.3) is 5.69 Å². The standard InChI is InChI=1S/C22H18Cl2N4O4/c23-17-8-14(28-22(31)26-19(29)10-25-28)9-18(24)20(17)32-15-3-4-16-13(7-15)5-6-27(21(16)30)11-12-1-2-12/h3-4,7-10,12H,1-2,5-6,11H2,(H,26,29,31). The Bertz CT molecular complexity index is 1320. The topological polar surface area (TPSA) is 97.3 Å². The number of aromatic amines is 1. The van der Waals surface area contributed by atoms with Gasteiger partial charge < -0.3 is 9.64 Å². The highest BCUT2D eigenvalue weighted by Gasteiger charge is 2.30. The molecule has 8 nitrogen and oxygen atoms in total. The van der Waals surface area contributed by atoms with E-state index in [1.165, 1.54) is 25.0 Å². The zero-order valence-electron chi connectivity index (χ0n) is 16.8. The minimum atomic E-state index is -0.714. The maximum absolute atomic E-state index is 12.8. The van der Waals surface area contributed by atoms with E-state index in [4.69, 9.17) is 27.9 Å². The Morgan fingerprint density at radius 2 is 1.84 bits per heavy atom. The number of fused-ring (bicyclic) bond motifs is 1. The maximum Gasteiger partial charge on any atom is 0.349 e. The molecule has 0 radical (unpaired) electrons. The van der Waals surface area contributed by atoms with E-state index in [0.29, 0.717) is 23.8 Å². The molecule has 0 spiro atoms. The van der Waals surface area contributed by atoms with Gasteiger partial charge in [0.25, 0.3) is 11.5 Å². The second-order valence-electron chi connectivity index (χ2n) is 7.95. The van der Waals surface area contributed by atoms with Crippen LogP contribution in [0.5, 0.6) is 11.5 Å². The molecule has 2 aliphatic rings. The highest BCUT2D eigenvalue weighted by atomic mass is 35.5. The Labute approximate surface area is 192 Å². The number of benzene rings is 2. The van der Waals surface area contributed by atoms with E-state index in [2.05, 4.69) is 10.1 Å². The Kier molecular flexibility index (Phi) is 5.27. The SMILES string of the molecule is O=C1c2ccc(Oc3c(Cl)cc(-n4ncc(=O)[nH]c4=O)cc3Cl)cc2CCN1CC1CC1.